The van der Waals surface area contributed by atoms with Crippen molar-refractivity contribution in [3.05, 3.63) is 53.1 Å². The van der Waals surface area contributed by atoms with Gasteiger partial charge in [-0.05, 0) is 77.0 Å². The summed E-state index contributed by atoms with van der Waals surface area (Å²) in [6, 6.07) is 4.11. The lowest BCUT2D eigenvalue weighted by molar-refractivity contribution is 0.153. The highest BCUT2D eigenvalue weighted by Gasteiger charge is 2.22. The van der Waals surface area contributed by atoms with Gasteiger partial charge in [0, 0.05) is 19.0 Å². The average molecular weight is 424 g/mol. The monoisotopic (exact) mass is 423 g/mol. The van der Waals surface area contributed by atoms with Gasteiger partial charge in [0.05, 0.1) is 28.9 Å². The second-order valence-corrected chi connectivity index (χ2v) is 8.31. The Morgan fingerprint density at radius 3 is 2.77 bits per heavy atom. The van der Waals surface area contributed by atoms with Crippen LogP contribution in [0.15, 0.2) is 46.7 Å². The van der Waals surface area contributed by atoms with Gasteiger partial charge in [0.15, 0.2) is 0 Å². The molecule has 1 aliphatic heterocycles. The zero-order chi connectivity index (χ0) is 22.2. The Morgan fingerprint density at radius 2 is 2.10 bits per heavy atom. The van der Waals surface area contributed by atoms with E-state index in [0.717, 1.165) is 71.9 Å². The first-order valence-electron chi connectivity index (χ1n) is 11.5. The lowest BCUT2D eigenvalue weighted by atomic mass is 9.98. The number of ether oxygens (including phenoxy) is 1. The molecule has 0 spiro atoms. The standard InChI is InChI=1S/C25H37N5O/c1-6-18(3)17-20(26-7-2)13-15-23-25(28-29-30(23)5)22-14-16-24(19(4)27-22)31-21-11-9-8-10-12-21/h7,14,16-17,21,28-29H,3,6,8-13,15H2,1-2,4-5H3/b20-17-,26-7-. The summed E-state index contributed by atoms with van der Waals surface area (Å²) < 4.78 is 6.25. The summed E-state index contributed by atoms with van der Waals surface area (Å²) in [4.78, 5) is 9.40. The molecule has 1 saturated carbocycles. The molecule has 0 radical (unpaired) electrons. The number of allylic oxidation sites excluding steroid dienone is 4. The number of aromatic nitrogens is 1. The number of nitrogens with zero attached hydrogens (tertiary/aromatic N) is 3. The molecule has 0 atom stereocenters. The first-order chi connectivity index (χ1) is 15.0. The largest absolute Gasteiger partial charge is 0.489 e. The van der Waals surface area contributed by atoms with Gasteiger partial charge in [-0.25, -0.2) is 4.98 Å². The van der Waals surface area contributed by atoms with Crippen LogP contribution < -0.4 is 15.7 Å². The molecule has 3 rings (SSSR count). The van der Waals surface area contributed by atoms with Crippen LogP contribution in [0.2, 0.25) is 0 Å². The first-order valence-corrected chi connectivity index (χ1v) is 11.5. The number of pyridine rings is 1. The maximum atomic E-state index is 6.25. The van der Waals surface area contributed by atoms with E-state index in [9.17, 15) is 0 Å². The van der Waals surface area contributed by atoms with Crippen molar-refractivity contribution in [2.75, 3.05) is 7.05 Å². The molecule has 2 heterocycles. The minimum atomic E-state index is 0.328. The number of hydrazine groups is 2. The molecular formula is C25H37N5O. The Balaban J connectivity index is 1.76. The van der Waals surface area contributed by atoms with Crippen LogP contribution in [-0.4, -0.2) is 29.4 Å². The SMILES string of the molecule is C=C(/C=C(CCC1=C(c2ccc(OC3CCCCC3)c(C)n2)NNN1C)\N=C/C)CC. The maximum absolute atomic E-state index is 6.25. The van der Waals surface area contributed by atoms with Gasteiger partial charge in [0.1, 0.15) is 5.75 Å². The van der Waals surface area contributed by atoms with Gasteiger partial charge in [0.2, 0.25) is 0 Å². The summed E-state index contributed by atoms with van der Waals surface area (Å²) in [6.45, 7) is 10.2. The third-order valence-electron chi connectivity index (χ3n) is 5.92. The zero-order valence-corrected chi connectivity index (χ0v) is 19.5. The highest BCUT2D eigenvalue weighted by Crippen LogP contribution is 2.29. The Labute approximate surface area is 187 Å². The van der Waals surface area contributed by atoms with Gasteiger partial charge in [-0.3, -0.25) is 15.4 Å². The molecule has 31 heavy (non-hydrogen) atoms. The van der Waals surface area contributed by atoms with Crippen LogP contribution in [0.1, 0.15) is 76.6 Å². The van der Waals surface area contributed by atoms with Crippen molar-refractivity contribution in [3.8, 4) is 5.75 Å². The molecule has 1 aromatic heterocycles. The van der Waals surface area contributed by atoms with Crippen LogP contribution in [0, 0.1) is 6.92 Å². The van der Waals surface area contributed by atoms with Crippen LogP contribution in [-0.2, 0) is 0 Å². The van der Waals surface area contributed by atoms with Crippen LogP contribution in [0.3, 0.4) is 0 Å². The van der Waals surface area contributed by atoms with E-state index in [-0.39, 0.29) is 0 Å². The minimum absolute atomic E-state index is 0.328. The van der Waals surface area contributed by atoms with E-state index in [1.807, 2.05) is 38.2 Å². The molecule has 1 fully saturated rings. The van der Waals surface area contributed by atoms with Crippen molar-refractivity contribution in [1.82, 2.24) is 21.0 Å². The predicted molar refractivity (Wildman–Crippen MR) is 128 cm³/mol. The van der Waals surface area contributed by atoms with E-state index in [0.29, 0.717) is 6.10 Å². The lowest BCUT2D eigenvalue weighted by Crippen LogP contribution is -2.34. The second kappa shape index (κ2) is 11.1. The summed E-state index contributed by atoms with van der Waals surface area (Å²) in [5.41, 5.74) is 12.6. The van der Waals surface area contributed by atoms with Gasteiger partial charge >= 0.3 is 0 Å². The van der Waals surface area contributed by atoms with E-state index in [1.165, 1.54) is 19.3 Å². The molecule has 0 saturated heterocycles. The number of nitrogens with one attached hydrogen (secondary N) is 2. The van der Waals surface area contributed by atoms with E-state index >= 15 is 0 Å². The molecular weight excluding hydrogens is 386 g/mol. The summed E-state index contributed by atoms with van der Waals surface area (Å²) in [6.07, 6.45) is 13.0. The fourth-order valence-electron chi connectivity index (χ4n) is 4.05. The quantitative estimate of drug-likeness (QED) is 0.409. The molecule has 0 unspecified atom stereocenters. The van der Waals surface area contributed by atoms with Crippen molar-refractivity contribution in [2.24, 2.45) is 4.99 Å². The minimum Gasteiger partial charge on any atom is -0.489 e. The molecule has 2 aliphatic rings. The highest BCUT2D eigenvalue weighted by atomic mass is 16.5. The van der Waals surface area contributed by atoms with Crippen LogP contribution >= 0.6 is 0 Å². The van der Waals surface area contributed by atoms with Crippen molar-refractivity contribution < 1.29 is 4.74 Å². The summed E-state index contributed by atoms with van der Waals surface area (Å²) in [5, 5.41) is 2.01. The summed E-state index contributed by atoms with van der Waals surface area (Å²) >= 11 is 0. The van der Waals surface area contributed by atoms with Crippen molar-refractivity contribution >= 4 is 11.9 Å². The number of aliphatic imine (C=N–C) groups is 1. The van der Waals surface area contributed by atoms with E-state index in [4.69, 9.17) is 9.72 Å². The molecule has 0 aromatic carbocycles. The normalized spacial score (nSPS) is 18.1. The molecule has 6 nitrogen and oxygen atoms in total. The third-order valence-corrected chi connectivity index (χ3v) is 5.92. The van der Waals surface area contributed by atoms with E-state index < -0.39 is 0 Å². The predicted octanol–water partition coefficient (Wildman–Crippen LogP) is 5.45. The fourth-order valence-corrected chi connectivity index (χ4v) is 4.05. The Kier molecular flexibility index (Phi) is 8.29. The smallest absolute Gasteiger partial charge is 0.140 e. The number of hydrogen-bond acceptors (Lipinski definition) is 6. The van der Waals surface area contributed by atoms with Crippen molar-refractivity contribution in [3.63, 3.8) is 0 Å². The highest BCUT2D eigenvalue weighted by molar-refractivity contribution is 5.65. The average Bonchev–Trinajstić information content (AvgIpc) is 3.14. The fraction of sp³-hybridized carbons (Fsp3) is 0.520. The summed E-state index contributed by atoms with van der Waals surface area (Å²) in [7, 11) is 2.01. The van der Waals surface area contributed by atoms with Gasteiger partial charge < -0.3 is 4.74 Å². The number of rotatable bonds is 9. The third kappa shape index (κ3) is 6.20. The lowest BCUT2D eigenvalue weighted by Gasteiger charge is -2.23. The topological polar surface area (TPSA) is 61.8 Å². The van der Waals surface area contributed by atoms with Gasteiger partial charge in [0.25, 0.3) is 0 Å². The van der Waals surface area contributed by atoms with Crippen molar-refractivity contribution in [1.29, 1.82) is 0 Å². The Bertz CT molecular complexity index is 865. The molecule has 0 amide bonds. The number of aryl methyl sites for hydroxylation is 1. The molecule has 1 aliphatic carbocycles. The Morgan fingerprint density at radius 1 is 1.32 bits per heavy atom. The second-order valence-electron chi connectivity index (χ2n) is 8.31. The van der Waals surface area contributed by atoms with E-state index in [1.54, 1.807) is 0 Å². The molecule has 1 aromatic rings. The molecule has 0 bridgehead atoms. The van der Waals surface area contributed by atoms with Gasteiger partial charge in [-0.2, -0.15) is 0 Å². The Hall–Kier alpha value is -2.60. The van der Waals surface area contributed by atoms with Gasteiger partial charge in [-0.1, -0.05) is 25.5 Å². The molecule has 2 N–H and O–H groups in total. The van der Waals surface area contributed by atoms with Gasteiger partial charge in [-0.15, -0.1) is 5.53 Å². The van der Waals surface area contributed by atoms with Crippen LogP contribution in [0.4, 0.5) is 0 Å². The maximum Gasteiger partial charge on any atom is 0.140 e. The van der Waals surface area contributed by atoms with Crippen LogP contribution in [0.25, 0.3) is 5.70 Å². The summed E-state index contributed by atoms with van der Waals surface area (Å²) in [5.74, 6) is 0.901. The zero-order valence-electron chi connectivity index (χ0n) is 19.5. The first kappa shape index (κ1) is 23.1. The number of hydrogen-bond donors (Lipinski definition) is 2. The van der Waals surface area contributed by atoms with Crippen molar-refractivity contribution in [2.45, 2.75) is 78.2 Å². The van der Waals surface area contributed by atoms with Crippen LogP contribution in [0.5, 0.6) is 5.75 Å². The van der Waals surface area contributed by atoms with E-state index in [2.05, 4.69) is 41.6 Å². The molecule has 6 heteroatoms. The molecule has 168 valence electrons.